The molecule has 1 N–H and O–H groups in total. The van der Waals surface area contributed by atoms with E-state index in [0.29, 0.717) is 30.5 Å². The topological polar surface area (TPSA) is 64.1 Å². The van der Waals surface area contributed by atoms with Crippen LogP contribution in [0.1, 0.15) is 18.0 Å². The van der Waals surface area contributed by atoms with Gasteiger partial charge in [-0.1, -0.05) is 12.1 Å². The van der Waals surface area contributed by atoms with Gasteiger partial charge in [0.1, 0.15) is 0 Å². The molecule has 2 aromatic rings. The van der Waals surface area contributed by atoms with Crippen LogP contribution in [0.4, 0.5) is 0 Å². The minimum atomic E-state index is -0.350. The molecule has 1 fully saturated rings. The predicted octanol–water partition coefficient (Wildman–Crippen LogP) is 0.960. The molecule has 5 heteroatoms. The number of para-hydroxylation sites is 1. The van der Waals surface area contributed by atoms with Gasteiger partial charge in [-0.3, -0.25) is 9.36 Å². The first-order chi connectivity index (χ1) is 8.68. The molecule has 0 spiro atoms. The van der Waals surface area contributed by atoms with Crippen molar-refractivity contribution in [1.29, 1.82) is 0 Å². The molecule has 0 radical (unpaired) electrons. The fourth-order valence-corrected chi connectivity index (χ4v) is 2.46. The van der Waals surface area contributed by atoms with Crippen LogP contribution in [0, 0.1) is 6.92 Å². The largest absolute Gasteiger partial charge is 0.379 e. The predicted molar refractivity (Wildman–Crippen MR) is 68.0 cm³/mol. The first-order valence-corrected chi connectivity index (χ1v) is 6.00. The van der Waals surface area contributed by atoms with Crippen molar-refractivity contribution >= 4 is 10.9 Å². The molecule has 5 nitrogen and oxygen atoms in total. The molecule has 2 heterocycles. The third kappa shape index (κ3) is 1.59. The molecular weight excluding hydrogens is 232 g/mol. The lowest BCUT2D eigenvalue weighted by Crippen LogP contribution is -2.38. The Morgan fingerprint density at radius 3 is 2.94 bits per heavy atom. The van der Waals surface area contributed by atoms with Crippen LogP contribution in [0.25, 0.3) is 10.9 Å². The molecular formula is C13H14N2O3. The number of hydrogen-bond donors (Lipinski definition) is 1. The van der Waals surface area contributed by atoms with Crippen LogP contribution in [0.2, 0.25) is 0 Å². The zero-order valence-electron chi connectivity index (χ0n) is 10.1. The molecule has 94 valence electrons. The first kappa shape index (κ1) is 11.2. The molecule has 1 aliphatic heterocycles. The van der Waals surface area contributed by atoms with Crippen molar-refractivity contribution in [3.8, 4) is 0 Å². The van der Waals surface area contributed by atoms with Gasteiger partial charge in [-0.25, -0.2) is 4.79 Å². The Morgan fingerprint density at radius 2 is 2.22 bits per heavy atom. The van der Waals surface area contributed by atoms with Crippen molar-refractivity contribution in [2.24, 2.45) is 0 Å². The molecule has 0 amide bonds. The Kier molecular flexibility index (Phi) is 2.56. The number of nitrogens with zero attached hydrogens (tertiary/aromatic N) is 1. The first-order valence-electron chi connectivity index (χ1n) is 6.00. The Balaban J connectivity index is 2.34. The second-order valence-corrected chi connectivity index (χ2v) is 4.62. The van der Waals surface area contributed by atoms with Gasteiger partial charge in [0.05, 0.1) is 23.6 Å². The molecule has 0 saturated carbocycles. The molecule has 1 saturated heterocycles. The average molecular weight is 246 g/mol. The number of H-pyrrole nitrogens is 1. The summed E-state index contributed by atoms with van der Waals surface area (Å²) in [6.07, 6.45) is 0.709. The molecule has 1 aromatic carbocycles. The van der Waals surface area contributed by atoms with E-state index in [0.717, 1.165) is 5.56 Å². The highest BCUT2D eigenvalue weighted by atomic mass is 16.5. The lowest BCUT2D eigenvalue weighted by Gasteiger charge is -2.12. The standard InChI is InChI=1S/C13H14N2O3/c1-8-3-2-4-10-11(8)14-13(17)15(12(10)16)9-5-6-18-7-9/h2-4,9H,5-7H2,1H3,(H,14,17). The van der Waals surface area contributed by atoms with E-state index >= 15 is 0 Å². The van der Waals surface area contributed by atoms with E-state index in [2.05, 4.69) is 4.98 Å². The number of rotatable bonds is 1. The van der Waals surface area contributed by atoms with E-state index in [1.807, 2.05) is 19.1 Å². The number of nitrogens with one attached hydrogen (secondary N) is 1. The lowest BCUT2D eigenvalue weighted by atomic mass is 10.1. The SMILES string of the molecule is Cc1cccc2c(=O)n(C3CCOC3)c(=O)[nH]c12. The summed E-state index contributed by atoms with van der Waals surface area (Å²) in [5, 5.41) is 0.557. The molecule has 0 aliphatic carbocycles. The van der Waals surface area contributed by atoms with Crippen molar-refractivity contribution < 1.29 is 4.74 Å². The van der Waals surface area contributed by atoms with Gasteiger partial charge in [0, 0.05) is 6.61 Å². The van der Waals surface area contributed by atoms with Crippen LogP contribution in [0.15, 0.2) is 27.8 Å². The molecule has 1 aliphatic rings. The minimum Gasteiger partial charge on any atom is -0.379 e. The van der Waals surface area contributed by atoms with Crippen LogP contribution < -0.4 is 11.2 Å². The van der Waals surface area contributed by atoms with Gasteiger partial charge in [0.15, 0.2) is 0 Å². The molecule has 18 heavy (non-hydrogen) atoms. The van der Waals surface area contributed by atoms with Crippen LogP contribution in [-0.2, 0) is 4.74 Å². The second kappa shape index (κ2) is 4.10. The van der Waals surface area contributed by atoms with Crippen molar-refractivity contribution in [3.05, 3.63) is 44.6 Å². The van der Waals surface area contributed by atoms with Crippen LogP contribution in [0.3, 0.4) is 0 Å². The van der Waals surface area contributed by atoms with Crippen LogP contribution in [-0.4, -0.2) is 22.8 Å². The number of aryl methyl sites for hydroxylation is 1. The molecule has 1 atom stereocenters. The Bertz CT molecular complexity index is 708. The molecule has 3 rings (SSSR count). The van der Waals surface area contributed by atoms with E-state index in [4.69, 9.17) is 4.74 Å². The highest BCUT2D eigenvalue weighted by Gasteiger charge is 2.22. The van der Waals surface area contributed by atoms with Crippen molar-refractivity contribution in [3.63, 3.8) is 0 Å². The number of hydrogen-bond acceptors (Lipinski definition) is 3. The fourth-order valence-electron chi connectivity index (χ4n) is 2.46. The Hall–Kier alpha value is -1.88. The van der Waals surface area contributed by atoms with E-state index in [9.17, 15) is 9.59 Å². The summed E-state index contributed by atoms with van der Waals surface area (Å²) < 4.78 is 6.53. The van der Waals surface area contributed by atoms with Gasteiger partial charge >= 0.3 is 5.69 Å². The lowest BCUT2D eigenvalue weighted by molar-refractivity contribution is 0.185. The third-order valence-electron chi connectivity index (χ3n) is 3.44. The zero-order valence-corrected chi connectivity index (χ0v) is 10.1. The number of fused-ring (bicyclic) bond motifs is 1. The summed E-state index contributed by atoms with van der Waals surface area (Å²) in [5.74, 6) is 0. The van der Waals surface area contributed by atoms with Gasteiger partial charge in [-0.05, 0) is 25.0 Å². The summed E-state index contributed by atoms with van der Waals surface area (Å²) in [6.45, 7) is 2.91. The van der Waals surface area contributed by atoms with Gasteiger partial charge in [0.25, 0.3) is 5.56 Å². The minimum absolute atomic E-state index is 0.147. The zero-order chi connectivity index (χ0) is 12.7. The highest BCUT2D eigenvalue weighted by Crippen LogP contribution is 2.16. The summed E-state index contributed by atoms with van der Waals surface area (Å²) >= 11 is 0. The fraction of sp³-hybridized carbons (Fsp3) is 0.385. The Morgan fingerprint density at radius 1 is 1.39 bits per heavy atom. The molecule has 1 unspecified atom stereocenters. The maximum Gasteiger partial charge on any atom is 0.329 e. The monoisotopic (exact) mass is 246 g/mol. The number of aromatic amines is 1. The summed E-state index contributed by atoms with van der Waals surface area (Å²) in [6, 6.07) is 5.30. The van der Waals surface area contributed by atoms with E-state index in [-0.39, 0.29) is 17.3 Å². The van der Waals surface area contributed by atoms with Crippen molar-refractivity contribution in [2.45, 2.75) is 19.4 Å². The van der Waals surface area contributed by atoms with E-state index < -0.39 is 0 Å². The maximum absolute atomic E-state index is 12.4. The molecule has 0 bridgehead atoms. The van der Waals surface area contributed by atoms with Gasteiger partial charge in [-0.15, -0.1) is 0 Å². The quantitative estimate of drug-likeness (QED) is 0.815. The van der Waals surface area contributed by atoms with Gasteiger partial charge < -0.3 is 9.72 Å². The number of ether oxygens (including phenoxy) is 1. The third-order valence-corrected chi connectivity index (χ3v) is 3.44. The van der Waals surface area contributed by atoms with E-state index in [1.165, 1.54) is 4.57 Å². The number of aromatic nitrogens is 2. The van der Waals surface area contributed by atoms with Crippen LogP contribution in [0.5, 0.6) is 0 Å². The Labute approximate surface area is 103 Å². The van der Waals surface area contributed by atoms with Gasteiger partial charge in [-0.2, -0.15) is 0 Å². The van der Waals surface area contributed by atoms with Crippen LogP contribution >= 0.6 is 0 Å². The van der Waals surface area contributed by atoms with Gasteiger partial charge in [0.2, 0.25) is 0 Å². The summed E-state index contributed by atoms with van der Waals surface area (Å²) in [7, 11) is 0. The van der Waals surface area contributed by atoms with Crippen molar-refractivity contribution in [2.75, 3.05) is 13.2 Å². The second-order valence-electron chi connectivity index (χ2n) is 4.62. The number of benzene rings is 1. The summed E-state index contributed by atoms with van der Waals surface area (Å²) in [4.78, 5) is 27.2. The normalized spacial score (nSPS) is 19.5. The average Bonchev–Trinajstić information content (AvgIpc) is 2.84. The molecule has 1 aromatic heterocycles. The van der Waals surface area contributed by atoms with Crippen molar-refractivity contribution in [1.82, 2.24) is 9.55 Å². The highest BCUT2D eigenvalue weighted by molar-refractivity contribution is 5.80. The summed E-state index contributed by atoms with van der Waals surface area (Å²) in [5.41, 5.74) is 0.949. The maximum atomic E-state index is 12.4. The van der Waals surface area contributed by atoms with E-state index in [1.54, 1.807) is 6.07 Å². The smallest absolute Gasteiger partial charge is 0.329 e.